The van der Waals surface area contributed by atoms with E-state index in [1.54, 1.807) is 0 Å². The van der Waals surface area contributed by atoms with E-state index < -0.39 is 31.5 Å². The third-order valence-corrected chi connectivity index (χ3v) is 16.8. The summed E-state index contributed by atoms with van der Waals surface area (Å²) in [5.41, 5.74) is 1.23. The first-order valence-electron chi connectivity index (χ1n) is 20.3. The third-order valence-electron chi connectivity index (χ3n) is 12.3. The SMILES string of the molecule is C/C(=C\C[C@H]1OC(C)(C)O[C@@H]([C@@H](C)[C@H]2OC(C)(C)OC[C@H]2C)[C@H]1C)[C@H](O[Si](C)(C)C(C)(C)C)[C@@H](C)[C@H]1C[C@@H](C[C@H]2CCOC(C)(C)O2)OC(C)(C)O1. The van der Waals surface area contributed by atoms with Crippen LogP contribution < -0.4 is 0 Å². The van der Waals surface area contributed by atoms with Crippen LogP contribution in [-0.2, 0) is 42.3 Å². The van der Waals surface area contributed by atoms with Gasteiger partial charge >= 0.3 is 0 Å². The quantitative estimate of drug-likeness (QED) is 0.151. The van der Waals surface area contributed by atoms with Gasteiger partial charge in [-0.15, -0.1) is 0 Å². The zero-order valence-corrected chi connectivity index (χ0v) is 37.3. The molecule has 11 atom stereocenters. The number of ether oxygens (including phenoxy) is 8. The molecule has 4 saturated heterocycles. The molecule has 0 aliphatic carbocycles. The minimum absolute atomic E-state index is 0.0125. The maximum atomic E-state index is 7.35. The van der Waals surface area contributed by atoms with Gasteiger partial charge in [0.1, 0.15) is 0 Å². The Labute approximate surface area is 319 Å². The lowest BCUT2D eigenvalue weighted by atomic mass is 9.79. The predicted octanol–water partition coefficient (Wildman–Crippen LogP) is 9.77. The molecular formula is C42H78O9Si. The molecule has 0 aromatic heterocycles. The monoisotopic (exact) mass is 755 g/mol. The Kier molecular flexibility index (Phi) is 13.8. The molecule has 0 bridgehead atoms. The van der Waals surface area contributed by atoms with E-state index in [4.69, 9.17) is 42.3 Å². The van der Waals surface area contributed by atoms with Crippen molar-refractivity contribution < 1.29 is 42.3 Å². The smallest absolute Gasteiger partial charge is 0.192 e. The Bertz CT molecular complexity index is 1210. The molecule has 0 saturated carbocycles. The van der Waals surface area contributed by atoms with E-state index in [-0.39, 0.29) is 71.4 Å². The van der Waals surface area contributed by atoms with Crippen LogP contribution in [0.1, 0.15) is 136 Å². The maximum absolute atomic E-state index is 7.35. The van der Waals surface area contributed by atoms with Crippen LogP contribution in [-0.4, -0.2) is 87.4 Å². The molecule has 4 fully saturated rings. The fraction of sp³-hybridized carbons (Fsp3) is 0.952. The predicted molar refractivity (Wildman–Crippen MR) is 208 cm³/mol. The molecule has 4 heterocycles. The molecule has 4 aliphatic rings. The van der Waals surface area contributed by atoms with E-state index in [2.05, 4.69) is 74.6 Å². The van der Waals surface area contributed by atoms with E-state index >= 15 is 0 Å². The van der Waals surface area contributed by atoms with Crippen molar-refractivity contribution in [2.75, 3.05) is 13.2 Å². The van der Waals surface area contributed by atoms with Crippen LogP contribution in [0.2, 0.25) is 18.1 Å². The molecule has 4 aliphatic heterocycles. The molecule has 0 spiro atoms. The molecule has 0 aromatic rings. The lowest BCUT2D eigenvalue weighted by Gasteiger charge is -2.50. The first-order chi connectivity index (χ1) is 23.6. The van der Waals surface area contributed by atoms with Gasteiger partial charge < -0.3 is 42.3 Å². The Morgan fingerprint density at radius 1 is 0.788 bits per heavy atom. The highest BCUT2D eigenvalue weighted by molar-refractivity contribution is 6.74. The topological polar surface area (TPSA) is 83.1 Å². The van der Waals surface area contributed by atoms with E-state index in [0.29, 0.717) is 13.2 Å². The molecule has 4 rings (SSSR count). The zero-order chi connectivity index (χ0) is 39.2. The average molecular weight is 755 g/mol. The van der Waals surface area contributed by atoms with Gasteiger partial charge in [-0.25, -0.2) is 0 Å². The van der Waals surface area contributed by atoms with Crippen LogP contribution in [0, 0.1) is 23.7 Å². The molecule has 52 heavy (non-hydrogen) atoms. The second kappa shape index (κ2) is 16.2. The van der Waals surface area contributed by atoms with Gasteiger partial charge in [0.25, 0.3) is 0 Å². The van der Waals surface area contributed by atoms with Crippen LogP contribution in [0.5, 0.6) is 0 Å². The molecule has 0 radical (unpaired) electrons. The summed E-state index contributed by atoms with van der Waals surface area (Å²) in [7, 11) is -2.17. The molecular weight excluding hydrogens is 677 g/mol. The standard InChI is InChI=1S/C42H78O9Si/c1-26(19-20-33-28(3)37(50-42(15,16)47-33)30(5)35-27(2)25-44-40(11,12)49-35)36(51-52(17,18)38(6,7)8)29(4)34-24-32(46-41(13,14)48-34)23-31-21-22-43-39(9,10)45-31/h19,27-37H,20-25H2,1-18H3/b26-19+/t27-,28+,29+,30+,31-,32-,33-,34-,35+,36+,37-/m1/s1. The van der Waals surface area contributed by atoms with E-state index in [1.165, 1.54) is 5.57 Å². The average Bonchev–Trinajstić information content (AvgIpc) is 2.98. The summed E-state index contributed by atoms with van der Waals surface area (Å²) in [6.45, 7) is 40.4. The van der Waals surface area contributed by atoms with Gasteiger partial charge in [0.15, 0.2) is 31.5 Å². The summed E-state index contributed by atoms with van der Waals surface area (Å²) in [6.07, 6.45) is 5.52. The van der Waals surface area contributed by atoms with Crippen molar-refractivity contribution in [1.29, 1.82) is 0 Å². The highest BCUT2D eigenvalue weighted by Crippen LogP contribution is 2.44. The largest absolute Gasteiger partial charge is 0.410 e. The molecule has 0 N–H and O–H groups in total. The molecule has 9 nitrogen and oxygen atoms in total. The van der Waals surface area contributed by atoms with Crippen molar-refractivity contribution in [2.24, 2.45) is 23.7 Å². The van der Waals surface area contributed by atoms with E-state index in [9.17, 15) is 0 Å². The summed E-state index contributed by atoms with van der Waals surface area (Å²) in [6, 6.07) is 0. The minimum Gasteiger partial charge on any atom is -0.410 e. The lowest BCUT2D eigenvalue weighted by Crippen LogP contribution is -2.57. The van der Waals surface area contributed by atoms with Crippen LogP contribution in [0.25, 0.3) is 0 Å². The fourth-order valence-corrected chi connectivity index (χ4v) is 9.83. The Hall–Kier alpha value is -0.403. The van der Waals surface area contributed by atoms with Crippen LogP contribution in [0.3, 0.4) is 0 Å². The summed E-state index contributed by atoms with van der Waals surface area (Å²) in [4.78, 5) is 0. The Morgan fingerprint density at radius 3 is 1.98 bits per heavy atom. The van der Waals surface area contributed by atoms with Crippen molar-refractivity contribution in [3.63, 3.8) is 0 Å². The van der Waals surface area contributed by atoms with Gasteiger partial charge in [0.05, 0.1) is 55.9 Å². The summed E-state index contributed by atoms with van der Waals surface area (Å²) >= 11 is 0. The van der Waals surface area contributed by atoms with E-state index in [1.807, 2.05) is 55.4 Å². The first-order valence-corrected chi connectivity index (χ1v) is 23.2. The van der Waals surface area contributed by atoms with Gasteiger partial charge in [-0.2, -0.15) is 0 Å². The van der Waals surface area contributed by atoms with Crippen LogP contribution in [0.4, 0.5) is 0 Å². The number of rotatable bonds is 11. The summed E-state index contributed by atoms with van der Waals surface area (Å²) in [5.74, 6) is -1.93. The van der Waals surface area contributed by atoms with Crippen LogP contribution in [0.15, 0.2) is 11.6 Å². The van der Waals surface area contributed by atoms with Crippen molar-refractivity contribution in [1.82, 2.24) is 0 Å². The second-order valence-electron chi connectivity index (χ2n) is 20.0. The van der Waals surface area contributed by atoms with E-state index in [0.717, 1.165) is 25.7 Å². The summed E-state index contributed by atoms with van der Waals surface area (Å²) in [5, 5.41) is 0.0560. The first kappa shape index (κ1) is 44.3. The van der Waals surface area contributed by atoms with Crippen molar-refractivity contribution >= 4 is 8.32 Å². The second-order valence-corrected chi connectivity index (χ2v) is 24.8. The van der Waals surface area contributed by atoms with Gasteiger partial charge in [0.2, 0.25) is 0 Å². The fourth-order valence-electron chi connectivity index (χ4n) is 8.44. The molecule has 304 valence electrons. The lowest BCUT2D eigenvalue weighted by molar-refractivity contribution is -0.348. The number of hydrogen-bond acceptors (Lipinski definition) is 9. The summed E-state index contributed by atoms with van der Waals surface area (Å²) < 4.78 is 58.6. The van der Waals surface area contributed by atoms with Crippen LogP contribution >= 0.6 is 0 Å². The molecule has 0 aromatic carbocycles. The highest BCUT2D eigenvalue weighted by Gasteiger charge is 2.49. The normalized spacial score (nSPS) is 37.2. The zero-order valence-electron chi connectivity index (χ0n) is 36.3. The molecule has 0 unspecified atom stereocenters. The van der Waals surface area contributed by atoms with Crippen molar-refractivity contribution in [3.05, 3.63) is 11.6 Å². The molecule has 0 amide bonds. The Balaban J connectivity index is 1.56. The Morgan fingerprint density at radius 2 is 1.37 bits per heavy atom. The highest BCUT2D eigenvalue weighted by atomic mass is 28.4. The molecule has 10 heteroatoms. The maximum Gasteiger partial charge on any atom is 0.192 e. The number of hydrogen-bond donors (Lipinski definition) is 0. The van der Waals surface area contributed by atoms with Gasteiger partial charge in [-0.1, -0.05) is 54.5 Å². The van der Waals surface area contributed by atoms with Crippen molar-refractivity contribution in [2.45, 2.75) is 220 Å². The van der Waals surface area contributed by atoms with Gasteiger partial charge in [-0.05, 0) is 98.9 Å². The van der Waals surface area contributed by atoms with Crippen molar-refractivity contribution in [3.8, 4) is 0 Å². The van der Waals surface area contributed by atoms with Gasteiger partial charge in [0, 0.05) is 36.5 Å². The third kappa shape index (κ3) is 11.3. The minimum atomic E-state index is -2.17. The van der Waals surface area contributed by atoms with Gasteiger partial charge in [-0.3, -0.25) is 0 Å².